The predicted octanol–water partition coefficient (Wildman–Crippen LogP) is 3.12. The maximum Gasteiger partial charge on any atom is 0.191 e. The lowest BCUT2D eigenvalue weighted by atomic mass is 10.1. The normalized spacial score (nSPS) is 15.5. The SMILES string of the molecule is CN=C(NCCCc1cn(-c2ccccc2)nc1C)NCC1COc2ccccc2O1. The van der Waals surface area contributed by atoms with E-state index in [4.69, 9.17) is 9.47 Å². The van der Waals surface area contributed by atoms with Crippen LogP contribution in [0.4, 0.5) is 0 Å². The molecule has 0 bridgehead atoms. The standard InChI is InChI=1S/C24H29N5O2/c1-18-19(16-29(28-18)20-10-4-3-5-11-20)9-8-14-26-24(25-2)27-15-21-17-30-22-12-6-7-13-23(22)31-21/h3-7,10-13,16,21H,8-9,14-15,17H2,1-2H3,(H2,25,26,27). The van der Waals surface area contributed by atoms with Gasteiger partial charge in [0.15, 0.2) is 17.5 Å². The van der Waals surface area contributed by atoms with Gasteiger partial charge in [0.05, 0.1) is 17.9 Å². The first-order valence-corrected chi connectivity index (χ1v) is 10.7. The maximum absolute atomic E-state index is 5.98. The van der Waals surface area contributed by atoms with E-state index < -0.39 is 0 Å². The Morgan fingerprint density at radius 3 is 2.68 bits per heavy atom. The van der Waals surface area contributed by atoms with Gasteiger partial charge in [-0.05, 0) is 49.6 Å². The Balaban J connectivity index is 1.20. The van der Waals surface area contributed by atoms with Gasteiger partial charge in [0, 0.05) is 19.8 Å². The van der Waals surface area contributed by atoms with Crippen LogP contribution in [0.1, 0.15) is 17.7 Å². The minimum Gasteiger partial charge on any atom is -0.486 e. The number of guanidine groups is 1. The van der Waals surface area contributed by atoms with Gasteiger partial charge < -0.3 is 20.1 Å². The van der Waals surface area contributed by atoms with Gasteiger partial charge >= 0.3 is 0 Å². The van der Waals surface area contributed by atoms with Gasteiger partial charge in [-0.25, -0.2) is 4.68 Å². The number of aromatic nitrogens is 2. The number of aryl methyl sites for hydroxylation is 2. The third-order valence-electron chi connectivity index (χ3n) is 5.22. The molecule has 1 aliphatic rings. The lowest BCUT2D eigenvalue weighted by Crippen LogP contribution is -2.45. The van der Waals surface area contributed by atoms with E-state index in [1.807, 2.05) is 47.1 Å². The number of benzene rings is 2. The van der Waals surface area contributed by atoms with Gasteiger partial charge in [-0.15, -0.1) is 0 Å². The molecule has 0 amide bonds. The molecule has 0 spiro atoms. The number of hydrogen-bond acceptors (Lipinski definition) is 4. The Labute approximate surface area is 183 Å². The summed E-state index contributed by atoms with van der Waals surface area (Å²) >= 11 is 0. The second kappa shape index (κ2) is 10.0. The summed E-state index contributed by atoms with van der Waals surface area (Å²) in [5, 5.41) is 11.3. The molecule has 31 heavy (non-hydrogen) atoms. The zero-order valence-electron chi connectivity index (χ0n) is 18.0. The van der Waals surface area contributed by atoms with Crippen LogP contribution in [0.2, 0.25) is 0 Å². The van der Waals surface area contributed by atoms with Gasteiger partial charge in [0.2, 0.25) is 0 Å². The fourth-order valence-corrected chi connectivity index (χ4v) is 3.53. The van der Waals surface area contributed by atoms with Crippen LogP contribution in [0, 0.1) is 6.92 Å². The van der Waals surface area contributed by atoms with E-state index in [-0.39, 0.29) is 6.10 Å². The summed E-state index contributed by atoms with van der Waals surface area (Å²) in [6, 6.07) is 17.9. The van der Waals surface area contributed by atoms with Crippen molar-refractivity contribution in [3.8, 4) is 17.2 Å². The molecule has 1 atom stereocenters. The number of nitrogens with zero attached hydrogens (tertiary/aromatic N) is 3. The van der Waals surface area contributed by atoms with Crippen LogP contribution in [-0.2, 0) is 6.42 Å². The van der Waals surface area contributed by atoms with Gasteiger partial charge in [-0.2, -0.15) is 5.10 Å². The molecule has 3 aromatic rings. The van der Waals surface area contributed by atoms with Gasteiger partial charge in [-0.3, -0.25) is 4.99 Å². The summed E-state index contributed by atoms with van der Waals surface area (Å²) in [5.74, 6) is 2.35. The number of para-hydroxylation sites is 3. The van der Waals surface area contributed by atoms with Crippen molar-refractivity contribution < 1.29 is 9.47 Å². The van der Waals surface area contributed by atoms with Crippen molar-refractivity contribution >= 4 is 5.96 Å². The number of rotatable bonds is 7. The number of hydrogen-bond donors (Lipinski definition) is 2. The smallest absolute Gasteiger partial charge is 0.191 e. The molecular weight excluding hydrogens is 390 g/mol. The van der Waals surface area contributed by atoms with Crippen molar-refractivity contribution in [1.82, 2.24) is 20.4 Å². The molecule has 0 fully saturated rings. The number of ether oxygens (including phenoxy) is 2. The minimum atomic E-state index is -0.0556. The molecule has 0 aliphatic carbocycles. The monoisotopic (exact) mass is 419 g/mol. The van der Waals surface area contributed by atoms with Crippen molar-refractivity contribution in [3.05, 3.63) is 72.1 Å². The van der Waals surface area contributed by atoms with E-state index in [9.17, 15) is 0 Å². The first-order valence-electron chi connectivity index (χ1n) is 10.7. The van der Waals surface area contributed by atoms with Crippen molar-refractivity contribution in [2.45, 2.75) is 25.9 Å². The van der Waals surface area contributed by atoms with Gasteiger partial charge in [0.25, 0.3) is 0 Å². The second-order valence-corrected chi connectivity index (χ2v) is 7.50. The third-order valence-corrected chi connectivity index (χ3v) is 5.22. The lowest BCUT2D eigenvalue weighted by Gasteiger charge is -2.27. The second-order valence-electron chi connectivity index (χ2n) is 7.50. The average Bonchev–Trinajstić information content (AvgIpc) is 3.19. The Kier molecular flexibility index (Phi) is 6.72. The molecule has 1 aliphatic heterocycles. The molecule has 2 aromatic carbocycles. The molecule has 0 saturated heterocycles. The third kappa shape index (κ3) is 5.36. The van der Waals surface area contributed by atoms with E-state index >= 15 is 0 Å². The molecule has 2 N–H and O–H groups in total. The predicted molar refractivity (Wildman–Crippen MR) is 122 cm³/mol. The number of aliphatic imine (C=N–C) groups is 1. The molecular formula is C24H29N5O2. The fraction of sp³-hybridized carbons (Fsp3) is 0.333. The van der Waals surface area contributed by atoms with E-state index in [1.54, 1.807) is 7.05 Å². The van der Waals surface area contributed by atoms with Crippen molar-refractivity contribution in [3.63, 3.8) is 0 Å². The highest BCUT2D eigenvalue weighted by Gasteiger charge is 2.20. The van der Waals surface area contributed by atoms with Crippen molar-refractivity contribution in [2.24, 2.45) is 4.99 Å². The first-order chi connectivity index (χ1) is 15.2. The summed E-state index contributed by atoms with van der Waals surface area (Å²) in [6.45, 7) is 4.02. The topological polar surface area (TPSA) is 72.7 Å². The van der Waals surface area contributed by atoms with Crippen molar-refractivity contribution in [1.29, 1.82) is 0 Å². The first kappa shape index (κ1) is 20.8. The zero-order chi connectivity index (χ0) is 21.5. The number of nitrogens with one attached hydrogen (secondary N) is 2. The van der Waals surface area contributed by atoms with Crippen LogP contribution < -0.4 is 20.1 Å². The zero-order valence-corrected chi connectivity index (χ0v) is 18.0. The Bertz CT molecular complexity index is 1020. The highest BCUT2D eigenvalue weighted by molar-refractivity contribution is 5.79. The summed E-state index contributed by atoms with van der Waals surface area (Å²) in [6.07, 6.45) is 4.01. The van der Waals surface area contributed by atoms with Gasteiger partial charge in [0.1, 0.15) is 12.7 Å². The van der Waals surface area contributed by atoms with E-state index in [0.717, 1.165) is 48.2 Å². The quantitative estimate of drug-likeness (QED) is 0.350. The van der Waals surface area contributed by atoms with Crippen LogP contribution in [-0.4, -0.2) is 48.6 Å². The van der Waals surface area contributed by atoms with E-state index in [1.165, 1.54) is 5.56 Å². The molecule has 2 heterocycles. The molecule has 0 saturated carbocycles. The van der Waals surface area contributed by atoms with Crippen LogP contribution in [0.5, 0.6) is 11.5 Å². The molecule has 1 aromatic heterocycles. The summed E-state index contributed by atoms with van der Waals surface area (Å²) in [5.41, 5.74) is 3.41. The lowest BCUT2D eigenvalue weighted by molar-refractivity contribution is 0.0936. The Morgan fingerprint density at radius 1 is 1.10 bits per heavy atom. The summed E-state index contributed by atoms with van der Waals surface area (Å²) in [4.78, 5) is 4.30. The van der Waals surface area contributed by atoms with E-state index in [0.29, 0.717) is 13.2 Å². The highest BCUT2D eigenvalue weighted by Crippen LogP contribution is 2.30. The molecule has 4 rings (SSSR count). The van der Waals surface area contributed by atoms with Crippen LogP contribution in [0.3, 0.4) is 0 Å². The van der Waals surface area contributed by atoms with Crippen LogP contribution in [0.15, 0.2) is 65.8 Å². The molecule has 0 radical (unpaired) electrons. The van der Waals surface area contributed by atoms with Crippen LogP contribution >= 0.6 is 0 Å². The van der Waals surface area contributed by atoms with Gasteiger partial charge in [-0.1, -0.05) is 30.3 Å². The molecule has 1 unspecified atom stereocenters. The Hall–Kier alpha value is -3.48. The Morgan fingerprint density at radius 2 is 1.87 bits per heavy atom. The molecule has 7 heteroatoms. The highest BCUT2D eigenvalue weighted by atomic mass is 16.6. The minimum absolute atomic E-state index is 0.0556. The maximum atomic E-state index is 5.98. The average molecular weight is 420 g/mol. The largest absolute Gasteiger partial charge is 0.486 e. The summed E-state index contributed by atoms with van der Waals surface area (Å²) in [7, 11) is 1.77. The molecule has 7 nitrogen and oxygen atoms in total. The van der Waals surface area contributed by atoms with Crippen molar-refractivity contribution in [2.75, 3.05) is 26.7 Å². The number of fused-ring (bicyclic) bond motifs is 1. The summed E-state index contributed by atoms with van der Waals surface area (Å²) < 4.78 is 13.7. The van der Waals surface area contributed by atoms with E-state index in [2.05, 4.69) is 46.0 Å². The fourth-order valence-electron chi connectivity index (χ4n) is 3.53. The van der Waals surface area contributed by atoms with Crippen LogP contribution in [0.25, 0.3) is 5.69 Å². The molecule has 162 valence electrons.